The first-order chi connectivity index (χ1) is 6.15. The molecule has 3 atom stereocenters. The smallest absolute Gasteiger partial charge is 0.135 e. The Morgan fingerprint density at radius 3 is 2.77 bits per heavy atom. The molecule has 0 aromatic heterocycles. The average Bonchev–Trinajstić information content (AvgIpc) is 2.30. The number of Topliss-reactive ketones (excluding diaryl/α,β-unsaturated/α-hetero) is 1. The molecule has 1 aliphatic rings. The molecular formula is C10H18O3. The molecule has 0 heterocycles. The van der Waals surface area contributed by atoms with E-state index in [0.29, 0.717) is 12.2 Å². The topological polar surface area (TPSA) is 57.5 Å². The summed E-state index contributed by atoms with van der Waals surface area (Å²) in [4.78, 5) is 11.3. The summed E-state index contributed by atoms with van der Waals surface area (Å²) in [6, 6.07) is 0. The van der Waals surface area contributed by atoms with E-state index in [1.807, 2.05) is 6.92 Å². The molecule has 3 nitrogen and oxygen atoms in total. The van der Waals surface area contributed by atoms with E-state index in [1.165, 1.54) is 0 Å². The molecule has 2 N–H and O–H groups in total. The lowest BCUT2D eigenvalue weighted by atomic mass is 9.94. The second-order valence-electron chi connectivity index (χ2n) is 3.99. The molecule has 0 amide bonds. The molecule has 0 aromatic carbocycles. The Labute approximate surface area is 78.8 Å². The van der Waals surface area contributed by atoms with Crippen molar-refractivity contribution in [1.29, 1.82) is 0 Å². The minimum Gasteiger partial charge on any atom is -0.394 e. The molecule has 76 valence electrons. The van der Waals surface area contributed by atoms with Crippen molar-refractivity contribution in [3.8, 4) is 0 Å². The van der Waals surface area contributed by atoms with Gasteiger partial charge in [0.1, 0.15) is 5.78 Å². The lowest BCUT2D eigenvalue weighted by molar-refractivity contribution is -0.122. The minimum atomic E-state index is -0.641. The fourth-order valence-corrected chi connectivity index (χ4v) is 1.88. The summed E-state index contributed by atoms with van der Waals surface area (Å²) < 4.78 is 0. The van der Waals surface area contributed by atoms with Gasteiger partial charge < -0.3 is 10.2 Å². The van der Waals surface area contributed by atoms with Gasteiger partial charge in [0.25, 0.3) is 0 Å². The van der Waals surface area contributed by atoms with Gasteiger partial charge in [-0.1, -0.05) is 6.92 Å². The van der Waals surface area contributed by atoms with E-state index in [1.54, 1.807) is 0 Å². The van der Waals surface area contributed by atoms with Gasteiger partial charge in [0, 0.05) is 12.3 Å². The van der Waals surface area contributed by atoms with Crippen LogP contribution in [-0.2, 0) is 4.79 Å². The fourth-order valence-electron chi connectivity index (χ4n) is 1.88. The molecule has 0 bridgehead atoms. The molecule has 1 aliphatic carbocycles. The Morgan fingerprint density at radius 2 is 2.15 bits per heavy atom. The molecule has 1 fully saturated rings. The zero-order chi connectivity index (χ0) is 9.84. The van der Waals surface area contributed by atoms with Crippen LogP contribution >= 0.6 is 0 Å². The molecule has 3 unspecified atom stereocenters. The van der Waals surface area contributed by atoms with Crippen molar-refractivity contribution in [2.75, 3.05) is 6.61 Å². The quantitative estimate of drug-likeness (QED) is 0.625. The molecule has 0 aliphatic heterocycles. The maximum Gasteiger partial charge on any atom is 0.135 e. The molecule has 1 saturated carbocycles. The molecule has 0 saturated heterocycles. The number of carbonyl (C=O) groups excluding carboxylic acids is 1. The van der Waals surface area contributed by atoms with Gasteiger partial charge in [-0.3, -0.25) is 4.79 Å². The Balaban J connectivity index is 2.48. The summed E-state index contributed by atoms with van der Waals surface area (Å²) in [5.74, 6) is 0.544. The normalized spacial score (nSPS) is 32.7. The van der Waals surface area contributed by atoms with Crippen LogP contribution in [0.2, 0.25) is 0 Å². The maximum atomic E-state index is 11.3. The number of aliphatic hydroxyl groups excluding tert-OH is 2. The van der Waals surface area contributed by atoms with Crippen LogP contribution in [0.3, 0.4) is 0 Å². The summed E-state index contributed by atoms with van der Waals surface area (Å²) in [7, 11) is 0. The molecule has 0 spiro atoms. The first-order valence-corrected chi connectivity index (χ1v) is 4.96. The number of hydrogen-bond acceptors (Lipinski definition) is 3. The van der Waals surface area contributed by atoms with Crippen LogP contribution in [0.15, 0.2) is 0 Å². The predicted molar refractivity (Wildman–Crippen MR) is 49.2 cm³/mol. The summed E-state index contributed by atoms with van der Waals surface area (Å²) in [5, 5.41) is 18.2. The van der Waals surface area contributed by atoms with Crippen LogP contribution in [0, 0.1) is 11.8 Å². The van der Waals surface area contributed by atoms with Crippen molar-refractivity contribution < 1.29 is 15.0 Å². The number of ketones is 1. The second kappa shape index (κ2) is 4.72. The monoisotopic (exact) mass is 186 g/mol. The van der Waals surface area contributed by atoms with Gasteiger partial charge in [0.2, 0.25) is 0 Å². The zero-order valence-electron chi connectivity index (χ0n) is 8.07. The van der Waals surface area contributed by atoms with E-state index in [9.17, 15) is 9.90 Å². The van der Waals surface area contributed by atoms with Crippen LogP contribution in [-0.4, -0.2) is 28.7 Å². The number of aliphatic hydroxyl groups is 2. The number of carbonyl (C=O) groups is 1. The van der Waals surface area contributed by atoms with E-state index in [4.69, 9.17) is 5.11 Å². The molecule has 0 radical (unpaired) electrons. The minimum absolute atomic E-state index is 0.110. The number of hydrogen-bond donors (Lipinski definition) is 2. The van der Waals surface area contributed by atoms with E-state index in [0.717, 1.165) is 19.3 Å². The van der Waals surface area contributed by atoms with Crippen molar-refractivity contribution in [2.45, 2.75) is 38.7 Å². The van der Waals surface area contributed by atoms with Gasteiger partial charge in [-0.25, -0.2) is 0 Å². The van der Waals surface area contributed by atoms with Gasteiger partial charge >= 0.3 is 0 Å². The van der Waals surface area contributed by atoms with Crippen LogP contribution in [0.4, 0.5) is 0 Å². The van der Waals surface area contributed by atoms with E-state index in [2.05, 4.69) is 0 Å². The molecule has 1 rings (SSSR count). The van der Waals surface area contributed by atoms with Crippen molar-refractivity contribution in [1.82, 2.24) is 0 Å². The average molecular weight is 186 g/mol. The van der Waals surface area contributed by atoms with Crippen molar-refractivity contribution in [3.05, 3.63) is 0 Å². The summed E-state index contributed by atoms with van der Waals surface area (Å²) in [5.41, 5.74) is 0. The van der Waals surface area contributed by atoms with Gasteiger partial charge in [-0.15, -0.1) is 0 Å². The van der Waals surface area contributed by atoms with Crippen molar-refractivity contribution >= 4 is 5.78 Å². The third kappa shape index (κ3) is 2.78. The van der Waals surface area contributed by atoms with Gasteiger partial charge in [0.15, 0.2) is 0 Å². The maximum absolute atomic E-state index is 11.3. The van der Waals surface area contributed by atoms with Crippen LogP contribution in [0.1, 0.15) is 32.6 Å². The van der Waals surface area contributed by atoms with Crippen LogP contribution < -0.4 is 0 Å². The molecule has 3 heteroatoms. The van der Waals surface area contributed by atoms with E-state index < -0.39 is 6.10 Å². The Kier molecular flexibility index (Phi) is 3.88. The van der Waals surface area contributed by atoms with Crippen molar-refractivity contribution in [3.63, 3.8) is 0 Å². The van der Waals surface area contributed by atoms with Gasteiger partial charge in [0.05, 0.1) is 12.7 Å². The fraction of sp³-hybridized carbons (Fsp3) is 0.900. The van der Waals surface area contributed by atoms with E-state index in [-0.39, 0.29) is 18.4 Å². The zero-order valence-corrected chi connectivity index (χ0v) is 8.07. The highest BCUT2D eigenvalue weighted by Gasteiger charge is 2.26. The Hall–Kier alpha value is -0.410. The third-order valence-corrected chi connectivity index (χ3v) is 3.01. The molecule has 13 heavy (non-hydrogen) atoms. The summed E-state index contributed by atoms with van der Waals surface area (Å²) in [6.07, 6.45) is 2.35. The Morgan fingerprint density at radius 1 is 1.46 bits per heavy atom. The highest BCUT2D eigenvalue weighted by atomic mass is 16.3. The first kappa shape index (κ1) is 10.7. The standard InChI is InChI=1S/C10H18O3/c1-7-2-3-8(10(13)6-11)4-5-9(7)12/h7-8,10-11,13H,2-6H2,1H3. The highest BCUT2D eigenvalue weighted by molar-refractivity contribution is 5.80. The van der Waals surface area contributed by atoms with Gasteiger partial charge in [-0.05, 0) is 25.2 Å². The summed E-state index contributed by atoms with van der Waals surface area (Å²) >= 11 is 0. The van der Waals surface area contributed by atoms with Crippen molar-refractivity contribution in [2.24, 2.45) is 11.8 Å². The Bertz CT molecular complexity index is 179. The lowest BCUT2D eigenvalue weighted by Crippen LogP contribution is -2.23. The third-order valence-electron chi connectivity index (χ3n) is 3.01. The van der Waals surface area contributed by atoms with Gasteiger partial charge in [-0.2, -0.15) is 0 Å². The largest absolute Gasteiger partial charge is 0.394 e. The lowest BCUT2D eigenvalue weighted by Gasteiger charge is -2.18. The van der Waals surface area contributed by atoms with Crippen LogP contribution in [0.25, 0.3) is 0 Å². The summed E-state index contributed by atoms with van der Waals surface area (Å²) in [6.45, 7) is 1.75. The molecule has 0 aromatic rings. The number of rotatable bonds is 2. The highest BCUT2D eigenvalue weighted by Crippen LogP contribution is 2.26. The predicted octanol–water partition coefficient (Wildman–Crippen LogP) is 0.735. The first-order valence-electron chi connectivity index (χ1n) is 4.96. The molecular weight excluding hydrogens is 168 g/mol. The van der Waals surface area contributed by atoms with Crippen LogP contribution in [0.5, 0.6) is 0 Å². The SMILES string of the molecule is CC1CCC(C(O)CO)CCC1=O. The van der Waals surface area contributed by atoms with E-state index >= 15 is 0 Å². The second-order valence-corrected chi connectivity index (χ2v) is 3.99.